The first kappa shape index (κ1) is 7.75. The zero-order chi connectivity index (χ0) is 9.42. The third-order valence-electron chi connectivity index (χ3n) is 1.87. The van der Waals surface area contributed by atoms with Gasteiger partial charge < -0.3 is 10.8 Å². The summed E-state index contributed by atoms with van der Waals surface area (Å²) in [5.41, 5.74) is 9.82. The van der Waals surface area contributed by atoms with Gasteiger partial charge in [0.25, 0.3) is 0 Å². The van der Waals surface area contributed by atoms with Crippen LogP contribution in [0.1, 0.15) is 5.56 Å². The van der Waals surface area contributed by atoms with E-state index in [1.807, 2.05) is 0 Å². The van der Waals surface area contributed by atoms with Crippen molar-refractivity contribution in [1.29, 1.82) is 0 Å². The molecule has 1 aromatic carbocycles. The van der Waals surface area contributed by atoms with Crippen LogP contribution in [-0.2, 0) is 0 Å². The minimum absolute atomic E-state index is 0.0487. The second kappa shape index (κ2) is 2.56. The van der Waals surface area contributed by atoms with Gasteiger partial charge in [-0.2, -0.15) is 5.17 Å². The molecule has 1 aliphatic heterocycles. The summed E-state index contributed by atoms with van der Waals surface area (Å²) >= 11 is 0. The number of hydrazine groups is 1. The number of hydrogen-bond acceptors (Lipinski definition) is 5. The highest BCUT2D eigenvalue weighted by atomic mass is 16.5. The molecule has 0 saturated heterocycles. The molecule has 0 fully saturated rings. The van der Waals surface area contributed by atoms with E-state index in [0.717, 1.165) is 5.17 Å². The van der Waals surface area contributed by atoms with E-state index in [1.165, 1.54) is 12.3 Å². The summed E-state index contributed by atoms with van der Waals surface area (Å²) in [6.07, 6.45) is 3.01. The van der Waals surface area contributed by atoms with Crippen LogP contribution < -0.4 is 11.2 Å². The third kappa shape index (κ3) is 1.15. The number of nitrogen functional groups attached to an aromatic ring is 1. The van der Waals surface area contributed by atoms with Gasteiger partial charge in [0, 0.05) is 11.3 Å². The molecular weight excluding hydrogens is 170 g/mol. The topological polar surface area (TPSA) is 81.8 Å². The van der Waals surface area contributed by atoms with Gasteiger partial charge in [0.05, 0.1) is 6.20 Å². The molecule has 2 rings (SSSR count). The van der Waals surface area contributed by atoms with Crippen molar-refractivity contribution >= 4 is 17.5 Å². The number of phenols is 1. The lowest BCUT2D eigenvalue weighted by Crippen LogP contribution is -2.23. The number of hydroxylamine groups is 1. The fourth-order valence-corrected chi connectivity index (χ4v) is 1.22. The van der Waals surface area contributed by atoms with E-state index in [-0.39, 0.29) is 5.75 Å². The molecule has 5 nitrogen and oxygen atoms in total. The van der Waals surface area contributed by atoms with Crippen LogP contribution in [0.4, 0.5) is 11.4 Å². The Balaban J connectivity index is 2.60. The Morgan fingerprint density at radius 1 is 1.38 bits per heavy atom. The van der Waals surface area contributed by atoms with Gasteiger partial charge in [0.1, 0.15) is 11.4 Å². The van der Waals surface area contributed by atoms with Gasteiger partial charge in [-0.1, -0.05) is 0 Å². The summed E-state index contributed by atoms with van der Waals surface area (Å²) in [5, 5.41) is 19.2. The molecule has 0 saturated carbocycles. The fourth-order valence-electron chi connectivity index (χ4n) is 1.22. The molecule has 0 amide bonds. The van der Waals surface area contributed by atoms with Crippen molar-refractivity contribution in [3.05, 3.63) is 23.9 Å². The third-order valence-corrected chi connectivity index (χ3v) is 1.87. The minimum atomic E-state index is 0.0487. The van der Waals surface area contributed by atoms with E-state index in [0.29, 0.717) is 16.9 Å². The summed E-state index contributed by atoms with van der Waals surface area (Å²) in [6.45, 7) is 0. The Bertz CT molecular complexity index is 376. The van der Waals surface area contributed by atoms with E-state index in [9.17, 15) is 5.11 Å². The number of fused-ring (bicyclic) bond motifs is 1. The summed E-state index contributed by atoms with van der Waals surface area (Å²) in [4.78, 5) is 0. The second-order valence-electron chi connectivity index (χ2n) is 2.73. The molecular formula is C8H9N3O2. The summed E-state index contributed by atoms with van der Waals surface area (Å²) in [6, 6.07) is 3.07. The number of aromatic hydroxyl groups is 1. The van der Waals surface area contributed by atoms with Crippen molar-refractivity contribution in [2.45, 2.75) is 0 Å². The molecule has 0 aliphatic carbocycles. The Labute approximate surface area is 74.6 Å². The van der Waals surface area contributed by atoms with Crippen LogP contribution in [0.5, 0.6) is 5.75 Å². The highest BCUT2D eigenvalue weighted by Crippen LogP contribution is 2.34. The van der Waals surface area contributed by atoms with Crippen molar-refractivity contribution in [3.8, 4) is 5.75 Å². The van der Waals surface area contributed by atoms with Crippen LogP contribution >= 0.6 is 0 Å². The highest BCUT2D eigenvalue weighted by molar-refractivity contribution is 5.82. The molecule has 0 radical (unpaired) electrons. The SMILES string of the molecule is Nc1ccc(O)c2c1C=CN(O)N2. The summed E-state index contributed by atoms with van der Waals surface area (Å²) in [7, 11) is 0. The minimum Gasteiger partial charge on any atom is -0.506 e. The molecule has 0 atom stereocenters. The first-order valence-corrected chi connectivity index (χ1v) is 3.73. The summed E-state index contributed by atoms with van der Waals surface area (Å²) < 4.78 is 0. The Morgan fingerprint density at radius 3 is 2.92 bits per heavy atom. The number of phenolic OH excluding ortho intramolecular Hbond substituents is 1. The zero-order valence-corrected chi connectivity index (χ0v) is 6.73. The predicted molar refractivity (Wildman–Crippen MR) is 48.8 cm³/mol. The largest absolute Gasteiger partial charge is 0.506 e. The number of anilines is 2. The van der Waals surface area contributed by atoms with E-state index in [4.69, 9.17) is 10.9 Å². The number of hydrogen-bond donors (Lipinski definition) is 4. The van der Waals surface area contributed by atoms with E-state index >= 15 is 0 Å². The second-order valence-corrected chi connectivity index (χ2v) is 2.73. The lowest BCUT2D eigenvalue weighted by molar-refractivity contribution is -0.0144. The van der Waals surface area contributed by atoms with Crippen LogP contribution in [0, 0.1) is 0 Å². The molecule has 5 heteroatoms. The molecule has 0 bridgehead atoms. The molecule has 1 aromatic rings. The lowest BCUT2D eigenvalue weighted by atomic mass is 10.1. The average Bonchev–Trinajstić information content (AvgIpc) is 2.12. The quantitative estimate of drug-likeness (QED) is 0.271. The van der Waals surface area contributed by atoms with Crippen LogP contribution in [0.15, 0.2) is 18.3 Å². The molecule has 1 aliphatic rings. The van der Waals surface area contributed by atoms with Gasteiger partial charge in [-0.25, -0.2) is 0 Å². The number of rotatable bonds is 0. The number of nitrogens with zero attached hydrogens (tertiary/aromatic N) is 1. The van der Waals surface area contributed by atoms with Gasteiger partial charge in [0.15, 0.2) is 0 Å². The van der Waals surface area contributed by atoms with Crippen molar-refractivity contribution < 1.29 is 10.3 Å². The van der Waals surface area contributed by atoms with E-state index in [1.54, 1.807) is 12.1 Å². The first-order valence-electron chi connectivity index (χ1n) is 3.73. The zero-order valence-electron chi connectivity index (χ0n) is 6.73. The molecule has 0 unspecified atom stereocenters. The van der Waals surface area contributed by atoms with Gasteiger partial charge in [-0.15, -0.1) is 0 Å². The Morgan fingerprint density at radius 2 is 2.15 bits per heavy atom. The van der Waals surface area contributed by atoms with E-state index < -0.39 is 0 Å². The standard InChI is InChI=1S/C8H9N3O2/c9-6-1-2-7(12)8-5(6)3-4-11(13)10-8/h1-4,10,12-13H,9H2. The average molecular weight is 179 g/mol. The Kier molecular flexibility index (Phi) is 1.53. The van der Waals surface area contributed by atoms with Gasteiger partial charge in [-0.3, -0.25) is 10.6 Å². The predicted octanol–water partition coefficient (Wildman–Crippen LogP) is 0.977. The van der Waals surface area contributed by atoms with Crippen LogP contribution in [0.25, 0.3) is 6.08 Å². The molecule has 0 aromatic heterocycles. The maximum atomic E-state index is 9.41. The molecule has 68 valence electrons. The van der Waals surface area contributed by atoms with Crippen molar-refractivity contribution in [1.82, 2.24) is 5.17 Å². The smallest absolute Gasteiger partial charge is 0.141 e. The Hall–Kier alpha value is -1.88. The van der Waals surface area contributed by atoms with Crippen molar-refractivity contribution in [2.24, 2.45) is 0 Å². The van der Waals surface area contributed by atoms with Gasteiger partial charge >= 0.3 is 0 Å². The maximum absolute atomic E-state index is 9.41. The van der Waals surface area contributed by atoms with Crippen LogP contribution in [0.2, 0.25) is 0 Å². The van der Waals surface area contributed by atoms with Crippen molar-refractivity contribution in [2.75, 3.05) is 11.2 Å². The number of benzene rings is 1. The van der Waals surface area contributed by atoms with Gasteiger partial charge in [0.2, 0.25) is 0 Å². The molecule has 0 spiro atoms. The van der Waals surface area contributed by atoms with Crippen LogP contribution in [0.3, 0.4) is 0 Å². The van der Waals surface area contributed by atoms with Crippen LogP contribution in [-0.4, -0.2) is 15.5 Å². The monoisotopic (exact) mass is 179 g/mol. The highest BCUT2D eigenvalue weighted by Gasteiger charge is 2.14. The van der Waals surface area contributed by atoms with Gasteiger partial charge in [-0.05, 0) is 18.2 Å². The summed E-state index contributed by atoms with van der Waals surface area (Å²) in [5.74, 6) is 0.0487. The van der Waals surface area contributed by atoms with Crippen molar-refractivity contribution in [3.63, 3.8) is 0 Å². The van der Waals surface area contributed by atoms with E-state index in [2.05, 4.69) is 5.43 Å². The molecule has 1 heterocycles. The maximum Gasteiger partial charge on any atom is 0.141 e. The first-order chi connectivity index (χ1) is 6.18. The molecule has 13 heavy (non-hydrogen) atoms. The molecule has 5 N–H and O–H groups in total. The number of nitrogens with one attached hydrogen (secondary N) is 1. The fraction of sp³-hybridized carbons (Fsp3) is 0. The lowest BCUT2D eigenvalue weighted by Gasteiger charge is -2.22. The normalized spacial score (nSPS) is 13.8. The number of nitrogens with two attached hydrogens (primary N) is 1.